The Bertz CT molecular complexity index is 42.5. The van der Waals surface area contributed by atoms with Crippen molar-refractivity contribution in [2.45, 2.75) is 0 Å². The van der Waals surface area contributed by atoms with E-state index >= 15 is 0 Å². The molecule has 0 aromatic rings. The third-order valence-electron chi connectivity index (χ3n) is 1.32. The van der Waals surface area contributed by atoms with Gasteiger partial charge in [-0.3, -0.25) is 0 Å². The molecule has 0 spiro atoms. The van der Waals surface area contributed by atoms with Gasteiger partial charge in [0.2, 0.25) is 0 Å². The van der Waals surface area contributed by atoms with Gasteiger partial charge in [-0.05, 0) is 0 Å². The molecule has 0 unspecified atom stereocenters. The molecule has 0 aliphatic carbocycles. The molecule has 0 amide bonds. The zero-order valence-corrected chi connectivity index (χ0v) is 8.88. The van der Waals surface area contributed by atoms with Gasteiger partial charge in [0.05, 0.1) is 0 Å². The van der Waals surface area contributed by atoms with E-state index in [0.29, 0.717) is 0 Å². The molecule has 0 atom stereocenters. The molecule has 0 nitrogen and oxygen atoms in total. The average molecular weight is 154 g/mol. The zero-order valence-electron chi connectivity index (χ0n) is 6.57. The molecule has 54 valence electrons. The van der Waals surface area contributed by atoms with Crippen LogP contribution < -0.4 is 0 Å². The summed E-state index contributed by atoms with van der Waals surface area (Å²) in [6.45, 7) is 9.76. The second-order valence-electron chi connectivity index (χ2n) is 3.37. The number of hydrogen-bond acceptors (Lipinski definition) is 0. The molecule has 2 heteroatoms. The van der Waals surface area contributed by atoms with Crippen LogP contribution in [0.15, 0.2) is 0 Å². The summed E-state index contributed by atoms with van der Waals surface area (Å²) in [5.41, 5.74) is 0. The van der Waals surface area contributed by atoms with Crippen molar-refractivity contribution >= 4 is 15.8 Å². The summed E-state index contributed by atoms with van der Waals surface area (Å²) in [7, 11) is -0.384. The number of rotatable bonds is 3. The Kier molecular flexibility index (Phi) is 5.22. The van der Waals surface area contributed by atoms with E-state index in [1.54, 1.807) is 12.3 Å². The second kappa shape index (κ2) is 4.71. The summed E-state index contributed by atoms with van der Waals surface area (Å²) in [5, 5.41) is 0. The predicted octanol–water partition coefficient (Wildman–Crippen LogP) is 1.40. The van der Waals surface area contributed by atoms with E-state index in [1.807, 2.05) is 0 Å². The van der Waals surface area contributed by atoms with Gasteiger partial charge in [0.25, 0.3) is 0 Å². The molecule has 0 heterocycles. The van der Waals surface area contributed by atoms with Crippen LogP contribution in [0.3, 0.4) is 0 Å². The van der Waals surface area contributed by atoms with Crippen LogP contribution >= 0.6 is 15.8 Å². The SMILES string of the molecule is C[PH2](C)CC[PH2](C)C. The van der Waals surface area contributed by atoms with Crippen LogP contribution in [0.1, 0.15) is 0 Å². The average Bonchev–Trinajstić information content (AvgIpc) is 1.61. The van der Waals surface area contributed by atoms with Gasteiger partial charge in [0.15, 0.2) is 0 Å². The molecular weight excluding hydrogens is 134 g/mol. The topological polar surface area (TPSA) is 0 Å². The number of hydrogen-bond donors (Lipinski definition) is 0. The standard InChI is InChI=1S/C6H20P2/c1-7(2)5-6-8(3)4/h5-8H2,1-4H3. The third-order valence-corrected chi connectivity index (χ3v) is 4.96. The monoisotopic (exact) mass is 154 g/mol. The summed E-state index contributed by atoms with van der Waals surface area (Å²) >= 11 is 0. The van der Waals surface area contributed by atoms with Crippen LogP contribution in [-0.4, -0.2) is 39.0 Å². The van der Waals surface area contributed by atoms with Crippen LogP contribution in [0.2, 0.25) is 0 Å². The quantitative estimate of drug-likeness (QED) is 0.539. The molecule has 0 saturated heterocycles. The van der Waals surface area contributed by atoms with Crippen LogP contribution in [-0.2, 0) is 0 Å². The van der Waals surface area contributed by atoms with Gasteiger partial charge >= 0.3 is 54.8 Å². The van der Waals surface area contributed by atoms with E-state index in [4.69, 9.17) is 0 Å². The van der Waals surface area contributed by atoms with E-state index in [2.05, 4.69) is 26.7 Å². The molecule has 0 aromatic heterocycles. The first-order chi connectivity index (χ1) is 3.63. The van der Waals surface area contributed by atoms with Gasteiger partial charge in [0.1, 0.15) is 0 Å². The fraction of sp³-hybridized carbons (Fsp3) is 1.00. The Morgan fingerprint density at radius 2 is 1.00 bits per heavy atom. The van der Waals surface area contributed by atoms with E-state index in [1.165, 1.54) is 0 Å². The third kappa shape index (κ3) is 6.86. The van der Waals surface area contributed by atoms with Crippen molar-refractivity contribution in [1.82, 2.24) is 0 Å². The first kappa shape index (κ1) is 8.86. The summed E-state index contributed by atoms with van der Waals surface area (Å²) in [5.74, 6) is 0. The van der Waals surface area contributed by atoms with Crippen LogP contribution in [0.4, 0.5) is 0 Å². The van der Waals surface area contributed by atoms with E-state index < -0.39 is 0 Å². The molecule has 8 heavy (non-hydrogen) atoms. The Labute approximate surface area is 55.6 Å². The molecule has 0 bridgehead atoms. The molecule has 0 aliphatic rings. The zero-order chi connectivity index (χ0) is 6.57. The molecule has 0 aliphatic heterocycles. The van der Waals surface area contributed by atoms with Crippen molar-refractivity contribution in [2.75, 3.05) is 39.0 Å². The van der Waals surface area contributed by atoms with Gasteiger partial charge in [-0.2, -0.15) is 0 Å². The van der Waals surface area contributed by atoms with Crippen molar-refractivity contribution in [3.05, 3.63) is 0 Å². The van der Waals surface area contributed by atoms with Crippen LogP contribution in [0.25, 0.3) is 0 Å². The van der Waals surface area contributed by atoms with Crippen molar-refractivity contribution in [3.8, 4) is 0 Å². The Balaban J connectivity index is 2.93. The van der Waals surface area contributed by atoms with Crippen LogP contribution in [0.5, 0.6) is 0 Å². The van der Waals surface area contributed by atoms with E-state index in [9.17, 15) is 0 Å². The molecule has 0 rings (SSSR count). The first-order valence-electron chi connectivity index (χ1n) is 3.63. The molecule has 0 saturated carbocycles. The van der Waals surface area contributed by atoms with Crippen LogP contribution in [0, 0.1) is 0 Å². The maximum atomic E-state index is 2.44. The molecule has 0 radical (unpaired) electrons. The van der Waals surface area contributed by atoms with Gasteiger partial charge in [-0.25, -0.2) is 0 Å². The summed E-state index contributed by atoms with van der Waals surface area (Å²) in [6.07, 6.45) is 3.17. The minimum absolute atomic E-state index is 0.192. The minimum atomic E-state index is -0.192. The van der Waals surface area contributed by atoms with E-state index in [0.717, 1.165) is 0 Å². The molecular formula is C6H20P2. The van der Waals surface area contributed by atoms with Gasteiger partial charge in [-0.1, -0.05) is 0 Å². The molecule has 0 aromatic carbocycles. The predicted molar refractivity (Wildman–Crippen MR) is 52.9 cm³/mol. The first-order valence-corrected chi connectivity index (χ1v) is 9.88. The molecule has 0 N–H and O–H groups in total. The van der Waals surface area contributed by atoms with Crippen molar-refractivity contribution in [3.63, 3.8) is 0 Å². The van der Waals surface area contributed by atoms with Crippen molar-refractivity contribution in [1.29, 1.82) is 0 Å². The maximum absolute atomic E-state index is 2.44. The fourth-order valence-electron chi connectivity index (χ4n) is 0.667. The molecule has 0 fully saturated rings. The second-order valence-corrected chi connectivity index (χ2v) is 10.1. The normalized spacial score (nSPS) is 13.5. The van der Waals surface area contributed by atoms with Crippen molar-refractivity contribution in [2.24, 2.45) is 0 Å². The van der Waals surface area contributed by atoms with Gasteiger partial charge in [0, 0.05) is 0 Å². The van der Waals surface area contributed by atoms with E-state index in [-0.39, 0.29) is 15.8 Å². The van der Waals surface area contributed by atoms with Crippen molar-refractivity contribution < 1.29 is 0 Å². The Morgan fingerprint density at radius 1 is 0.750 bits per heavy atom. The Morgan fingerprint density at radius 3 is 1.12 bits per heavy atom. The van der Waals surface area contributed by atoms with Gasteiger partial charge < -0.3 is 0 Å². The summed E-state index contributed by atoms with van der Waals surface area (Å²) in [4.78, 5) is 0. The fourth-order valence-corrected chi connectivity index (χ4v) is 6.00. The summed E-state index contributed by atoms with van der Waals surface area (Å²) < 4.78 is 0. The van der Waals surface area contributed by atoms with Gasteiger partial charge in [-0.15, -0.1) is 0 Å². The Hall–Kier alpha value is 0.860. The summed E-state index contributed by atoms with van der Waals surface area (Å²) in [6, 6.07) is 0.